The Labute approximate surface area is 514 Å². The number of phenolic OH excluding ortho intramolecular Hbond substituents is 3. The van der Waals surface area contributed by atoms with Crippen LogP contribution in [0.2, 0.25) is 0 Å². The van der Waals surface area contributed by atoms with Gasteiger partial charge in [0.15, 0.2) is 54.2 Å². The molecule has 9 aromatic heterocycles. The number of aromatic hydroxyl groups is 4. The normalized spacial score (nSPS) is 11.6. The van der Waals surface area contributed by atoms with Crippen molar-refractivity contribution in [1.29, 1.82) is 0 Å². The lowest BCUT2D eigenvalue weighted by Crippen LogP contribution is -2.28. The van der Waals surface area contributed by atoms with Crippen molar-refractivity contribution in [2.45, 2.75) is 20.8 Å². The highest BCUT2D eigenvalue weighted by atomic mass is 32.2. The van der Waals surface area contributed by atoms with Crippen molar-refractivity contribution in [2.75, 3.05) is 25.4 Å². The summed E-state index contributed by atoms with van der Waals surface area (Å²) >= 11 is 4.80. The predicted octanol–water partition coefficient (Wildman–Crippen LogP) is 14.6. The van der Waals surface area contributed by atoms with Gasteiger partial charge in [0.05, 0.1) is 62.7 Å². The zero-order chi connectivity index (χ0) is 62.3. The number of phenols is 3. The molecule has 0 saturated carbocycles. The lowest BCUT2D eigenvalue weighted by Gasteiger charge is -2.14. The van der Waals surface area contributed by atoms with E-state index in [1.54, 1.807) is 69.0 Å². The number of aromatic nitrogens is 9. The van der Waals surface area contributed by atoms with Crippen LogP contribution in [0, 0.1) is 6.92 Å². The number of benzene rings is 3. The highest BCUT2D eigenvalue weighted by Crippen LogP contribution is 2.36. The van der Waals surface area contributed by atoms with Gasteiger partial charge < -0.3 is 25.2 Å². The van der Waals surface area contributed by atoms with Gasteiger partial charge in [-0.3, -0.25) is 9.52 Å². The first kappa shape index (κ1) is 62.0. The molecule has 0 spiro atoms. The summed E-state index contributed by atoms with van der Waals surface area (Å²) in [6.07, 6.45) is 8.02. The van der Waals surface area contributed by atoms with Crippen LogP contribution in [0.15, 0.2) is 181 Å². The summed E-state index contributed by atoms with van der Waals surface area (Å²) in [5.41, 5.74) is 4.79. The van der Waals surface area contributed by atoms with Crippen LogP contribution < -0.4 is 4.72 Å². The lowest BCUT2D eigenvalue weighted by atomic mass is 10.1. The number of hydrogen-bond donors (Lipinski definition) is 5. The Hall–Kier alpha value is -10.6. The highest BCUT2D eigenvalue weighted by Gasteiger charge is 2.17. The molecule has 12 rings (SSSR count). The first-order valence-corrected chi connectivity index (χ1v) is 30.0. The zero-order valence-electron chi connectivity index (χ0n) is 46.4. The molecule has 28 nitrogen and oxygen atoms in total. The van der Waals surface area contributed by atoms with Gasteiger partial charge in [0.1, 0.15) is 28.6 Å². The van der Waals surface area contributed by atoms with Gasteiger partial charge in [0, 0.05) is 38.9 Å². The van der Waals surface area contributed by atoms with Crippen molar-refractivity contribution in [3.63, 3.8) is 0 Å². The molecule has 3 aromatic carbocycles. The van der Waals surface area contributed by atoms with E-state index >= 15 is 0 Å². The molecule has 9 heterocycles. The van der Waals surface area contributed by atoms with E-state index in [2.05, 4.69) is 88.1 Å². The fourth-order valence-electron chi connectivity index (χ4n) is 7.10. The van der Waals surface area contributed by atoms with Gasteiger partial charge in [-0.25, -0.2) is 29.7 Å². The van der Waals surface area contributed by atoms with Crippen LogP contribution in [0.4, 0.5) is 48.6 Å². The molecule has 12 aromatic rings. The summed E-state index contributed by atoms with van der Waals surface area (Å²) in [5.74, 6) is -0.667. The summed E-state index contributed by atoms with van der Waals surface area (Å²) < 4.78 is 48.6. The molecule has 444 valence electrons. The largest absolute Gasteiger partial charge is 0.507 e. The number of esters is 1. The minimum Gasteiger partial charge on any atom is -0.507 e. The highest BCUT2D eigenvalue weighted by molar-refractivity contribution is 7.90. The summed E-state index contributed by atoms with van der Waals surface area (Å²) in [7, 11) is -0.981. The quantitative estimate of drug-likeness (QED) is 0.0292. The van der Waals surface area contributed by atoms with Gasteiger partial charge >= 0.3 is 16.2 Å². The number of carbonyl (C=O) groups excluding carboxylic acids is 2. The van der Waals surface area contributed by atoms with E-state index in [1.165, 1.54) is 104 Å². The molecule has 0 fully saturated rings. The van der Waals surface area contributed by atoms with Crippen LogP contribution in [0.1, 0.15) is 40.1 Å². The maximum absolute atomic E-state index is 11.9. The topological polar surface area (TPSA) is 389 Å². The number of azo groups is 4. The van der Waals surface area contributed by atoms with Crippen LogP contribution in [-0.2, 0) is 14.9 Å². The Morgan fingerprint density at radius 1 is 0.523 bits per heavy atom. The molecule has 0 aliphatic rings. The Kier molecular flexibility index (Phi) is 20.1. The number of rotatable bonds is 14. The Morgan fingerprint density at radius 2 is 0.920 bits per heavy atom. The second kappa shape index (κ2) is 28.5. The first-order valence-electron chi connectivity index (χ1n) is 25.5. The minimum atomic E-state index is -3.74. The van der Waals surface area contributed by atoms with Crippen molar-refractivity contribution in [1.82, 2.24) is 46.7 Å². The number of aryl methyl sites for hydroxylation is 1. The van der Waals surface area contributed by atoms with E-state index in [1.807, 2.05) is 36.4 Å². The molecule has 0 atom stereocenters. The Balaban J connectivity index is 0.000000140. The van der Waals surface area contributed by atoms with Crippen molar-refractivity contribution in [3.8, 4) is 23.0 Å². The van der Waals surface area contributed by atoms with Crippen molar-refractivity contribution in [3.05, 3.63) is 157 Å². The van der Waals surface area contributed by atoms with Crippen molar-refractivity contribution in [2.24, 2.45) is 40.9 Å². The zero-order valence-corrected chi connectivity index (χ0v) is 50.5. The number of nitrogens with zero attached hydrogens (tertiary/aromatic N) is 18. The molecule has 5 N–H and O–H groups in total. The molecule has 88 heavy (non-hydrogen) atoms. The summed E-state index contributed by atoms with van der Waals surface area (Å²) in [5, 5.41) is 77.3. The van der Waals surface area contributed by atoms with E-state index in [-0.39, 0.29) is 52.2 Å². The van der Waals surface area contributed by atoms with Crippen molar-refractivity contribution >= 4 is 161 Å². The molecular formula is C55H45N19O9S5. The van der Waals surface area contributed by atoms with Gasteiger partial charge in [-0.1, -0.05) is 0 Å². The number of Topliss-reactive ketones (excluding diaryl/α,β-unsaturated/α-hetero) is 1. The average molecular weight is 1280 g/mol. The Morgan fingerprint density at radius 3 is 1.33 bits per heavy atom. The number of ketones is 1. The molecular weight excluding hydrogens is 1230 g/mol. The van der Waals surface area contributed by atoms with Crippen LogP contribution >= 0.6 is 46.1 Å². The monoisotopic (exact) mass is 1280 g/mol. The van der Waals surface area contributed by atoms with E-state index in [9.17, 15) is 38.4 Å². The third-order valence-electron chi connectivity index (χ3n) is 11.6. The molecule has 0 aliphatic carbocycles. The van der Waals surface area contributed by atoms with Crippen LogP contribution in [0.25, 0.3) is 44.1 Å². The summed E-state index contributed by atoms with van der Waals surface area (Å²) in [4.78, 5) is 43.6. The number of ether oxygens (including phenoxy) is 1. The first-order chi connectivity index (χ1) is 42.4. The standard InChI is InChI=1S/C15H12N4O3S.C14H14N6O3S2.C14H10N4O2S.C12H9N5OS/c1-2-22-15(21)11-8-9(5-6-12(11)20)17-18-14-10-4-3-7-16-13(10)19-23-14;1-20(2)25(22,23)19-11-8-9(5-6-12(11)21)16-17-14-10-4-3-7-15-13(10)18-24-14;1-8(19)11-7-9(4-5-12(11)20)16-17-14-10-3-2-6-15-13(10)18-21-14;1-7-5-10(14-6-9(7)18)15-16-12-8-3-2-4-13-11(8)17-19-12/h3-8,20H,2H2,1H3;3-8,19,21H,1-2H3;2-7,20H,1H3;2-6,18H,1H3. The summed E-state index contributed by atoms with van der Waals surface area (Å²) in [6, 6.07) is 29.5. The van der Waals surface area contributed by atoms with Gasteiger partial charge in [-0.05, 0) is 182 Å². The van der Waals surface area contributed by atoms with Gasteiger partial charge in [0.25, 0.3) is 0 Å². The number of pyridine rings is 5. The third-order valence-corrected chi connectivity index (χ3v) is 16.0. The SMILES string of the molecule is CC(=O)c1cc(N=Nc2snc3ncccc23)ccc1O.CCOC(=O)c1cc(N=Nc2snc3ncccc23)ccc1O.CN(C)S(=O)(=O)Nc1cc(N=Nc2snc3ncccc23)ccc1O.Cc1cc(N=Nc2snc3ncccc23)ncc1O. The number of hydrogen-bond acceptors (Lipinski definition) is 30. The second-order valence-electron chi connectivity index (χ2n) is 17.8. The van der Waals surface area contributed by atoms with Crippen molar-refractivity contribution < 1.29 is 43.2 Å². The Bertz CT molecular complexity index is 4740. The predicted molar refractivity (Wildman–Crippen MR) is 334 cm³/mol. The fraction of sp³-hybridized carbons (Fsp3) is 0.109. The van der Waals surface area contributed by atoms with E-state index < -0.39 is 16.2 Å². The molecule has 0 radical (unpaired) electrons. The van der Waals surface area contributed by atoms with E-state index in [0.29, 0.717) is 71.0 Å². The maximum atomic E-state index is 11.9. The fourth-order valence-corrected chi connectivity index (χ4v) is 10.3. The second-order valence-corrected chi connectivity index (χ2v) is 22.7. The number of carbonyl (C=O) groups is 2. The molecule has 33 heteroatoms. The van der Waals surface area contributed by atoms with Crippen LogP contribution in [0.5, 0.6) is 23.0 Å². The third kappa shape index (κ3) is 15.6. The van der Waals surface area contributed by atoms with Gasteiger partial charge in [-0.2, -0.15) is 30.2 Å². The van der Waals surface area contributed by atoms with Crippen LogP contribution in [-0.4, -0.2) is 108 Å². The molecule has 0 saturated heterocycles. The number of anilines is 1. The average Bonchev–Trinajstić information content (AvgIpc) is 3.98. The maximum Gasteiger partial charge on any atom is 0.341 e. The molecule has 0 amide bonds. The molecule has 0 unspecified atom stereocenters. The number of nitrogens with one attached hydrogen (secondary N) is 1. The van der Waals surface area contributed by atoms with E-state index in [0.717, 1.165) is 37.4 Å². The smallest absolute Gasteiger partial charge is 0.341 e. The van der Waals surface area contributed by atoms with Gasteiger partial charge in [0.2, 0.25) is 0 Å². The van der Waals surface area contributed by atoms with Gasteiger partial charge in [-0.15, -0.1) is 40.9 Å². The molecule has 0 bridgehead atoms. The number of fused-ring (bicyclic) bond motifs is 4. The summed E-state index contributed by atoms with van der Waals surface area (Å²) in [6.45, 7) is 5.09. The minimum absolute atomic E-state index is 0.0148. The molecule has 0 aliphatic heterocycles. The van der Waals surface area contributed by atoms with E-state index in [4.69, 9.17) is 4.74 Å². The van der Waals surface area contributed by atoms with Crippen LogP contribution in [0.3, 0.4) is 0 Å². The lowest BCUT2D eigenvalue weighted by molar-refractivity contribution is 0.0523.